The molecule has 0 bridgehead atoms. The van der Waals surface area contributed by atoms with Crippen LogP contribution in [0.4, 0.5) is 11.5 Å². The molecule has 0 aliphatic carbocycles. The molecule has 2 atom stereocenters. The fourth-order valence-corrected chi connectivity index (χ4v) is 0.970. The van der Waals surface area contributed by atoms with Crippen LogP contribution in [0.1, 0.15) is 18.5 Å². The van der Waals surface area contributed by atoms with Crippen molar-refractivity contribution in [2.75, 3.05) is 11.5 Å². The van der Waals surface area contributed by atoms with Gasteiger partial charge in [0.2, 0.25) is 0 Å². The van der Waals surface area contributed by atoms with Crippen molar-refractivity contribution >= 4 is 11.5 Å². The van der Waals surface area contributed by atoms with E-state index < -0.39 is 12.1 Å². The average Bonchev–Trinajstić information content (AvgIpc) is 2.08. The Kier molecular flexibility index (Phi) is 2.69. The third-order valence-electron chi connectivity index (χ3n) is 1.88. The second-order valence-electron chi connectivity index (χ2n) is 3.01. The zero-order valence-corrected chi connectivity index (χ0v) is 7.44. The van der Waals surface area contributed by atoms with E-state index in [2.05, 4.69) is 4.98 Å². The SMILES string of the molecule is C[C@@H](O)[C@H](N)c1cnc(N)c(N)c1. The number of nitrogen functional groups attached to an aromatic ring is 2. The van der Waals surface area contributed by atoms with E-state index in [9.17, 15) is 5.11 Å². The first-order chi connectivity index (χ1) is 6.02. The molecule has 0 amide bonds. The standard InChI is InChI=1S/C8H14N4O/c1-4(13)7(10)5-2-6(9)8(11)12-3-5/h2-4,7,13H,9-10H2,1H3,(H2,11,12)/t4-,7+/m1/s1. The second-order valence-corrected chi connectivity index (χ2v) is 3.01. The van der Waals surface area contributed by atoms with Crippen molar-refractivity contribution in [1.29, 1.82) is 0 Å². The highest BCUT2D eigenvalue weighted by Crippen LogP contribution is 2.18. The number of aliphatic hydroxyl groups is 1. The Morgan fingerprint density at radius 3 is 2.54 bits per heavy atom. The summed E-state index contributed by atoms with van der Waals surface area (Å²) in [5.41, 5.74) is 17.7. The maximum Gasteiger partial charge on any atom is 0.146 e. The highest BCUT2D eigenvalue weighted by molar-refractivity contribution is 5.58. The summed E-state index contributed by atoms with van der Waals surface area (Å²) in [6, 6.07) is 1.15. The van der Waals surface area contributed by atoms with Gasteiger partial charge >= 0.3 is 0 Å². The van der Waals surface area contributed by atoms with Crippen LogP contribution in [-0.2, 0) is 0 Å². The summed E-state index contributed by atoms with van der Waals surface area (Å²) in [7, 11) is 0. The molecule has 0 radical (unpaired) electrons. The van der Waals surface area contributed by atoms with Crippen molar-refractivity contribution in [3.63, 3.8) is 0 Å². The van der Waals surface area contributed by atoms with Crippen molar-refractivity contribution in [3.8, 4) is 0 Å². The number of pyridine rings is 1. The van der Waals surface area contributed by atoms with Gasteiger partial charge in [0.05, 0.1) is 17.8 Å². The lowest BCUT2D eigenvalue weighted by Gasteiger charge is -2.15. The van der Waals surface area contributed by atoms with E-state index in [1.165, 1.54) is 6.20 Å². The van der Waals surface area contributed by atoms with Gasteiger partial charge in [-0.05, 0) is 18.6 Å². The molecule has 0 aliphatic heterocycles. The van der Waals surface area contributed by atoms with Crippen LogP contribution in [0.15, 0.2) is 12.3 Å². The fourth-order valence-electron chi connectivity index (χ4n) is 0.970. The molecule has 0 aromatic carbocycles. The zero-order chi connectivity index (χ0) is 10.0. The van der Waals surface area contributed by atoms with E-state index in [1.54, 1.807) is 13.0 Å². The Balaban J connectivity index is 2.97. The zero-order valence-electron chi connectivity index (χ0n) is 7.44. The van der Waals surface area contributed by atoms with Crippen molar-refractivity contribution < 1.29 is 5.11 Å². The summed E-state index contributed by atoms with van der Waals surface area (Å²) in [5.74, 6) is 0.279. The molecule has 1 heterocycles. The van der Waals surface area contributed by atoms with Crippen molar-refractivity contribution in [2.45, 2.75) is 19.1 Å². The Bertz CT molecular complexity index is 300. The second kappa shape index (κ2) is 3.59. The summed E-state index contributed by atoms with van der Waals surface area (Å²) >= 11 is 0. The number of anilines is 2. The summed E-state index contributed by atoms with van der Waals surface area (Å²) in [4.78, 5) is 3.84. The largest absolute Gasteiger partial charge is 0.396 e. The quantitative estimate of drug-likeness (QED) is 0.498. The molecule has 0 saturated heterocycles. The third kappa shape index (κ3) is 2.07. The number of nitrogens with two attached hydrogens (primary N) is 3. The summed E-state index contributed by atoms with van der Waals surface area (Å²) in [6.07, 6.45) is 0.883. The lowest BCUT2D eigenvalue weighted by Crippen LogP contribution is -2.23. The molecule has 0 spiro atoms. The van der Waals surface area contributed by atoms with E-state index in [4.69, 9.17) is 17.2 Å². The number of aromatic nitrogens is 1. The van der Waals surface area contributed by atoms with Gasteiger partial charge in [0.1, 0.15) is 5.82 Å². The van der Waals surface area contributed by atoms with Gasteiger partial charge in [0, 0.05) is 6.20 Å². The number of nitrogens with zero attached hydrogens (tertiary/aromatic N) is 1. The van der Waals surface area contributed by atoms with Gasteiger partial charge in [0.15, 0.2) is 0 Å². The minimum absolute atomic E-state index is 0.279. The molecule has 5 heteroatoms. The topological polar surface area (TPSA) is 111 Å². The van der Waals surface area contributed by atoms with Crippen molar-refractivity contribution in [2.24, 2.45) is 5.73 Å². The van der Waals surface area contributed by atoms with Gasteiger partial charge in [-0.15, -0.1) is 0 Å². The van der Waals surface area contributed by atoms with Crippen molar-refractivity contribution in [1.82, 2.24) is 4.98 Å². The molecule has 0 saturated carbocycles. The maximum atomic E-state index is 9.21. The first-order valence-corrected chi connectivity index (χ1v) is 3.97. The number of hydrogen-bond acceptors (Lipinski definition) is 5. The first-order valence-electron chi connectivity index (χ1n) is 3.97. The normalized spacial score (nSPS) is 15.3. The van der Waals surface area contributed by atoms with Gasteiger partial charge in [-0.2, -0.15) is 0 Å². The number of rotatable bonds is 2. The first kappa shape index (κ1) is 9.76. The van der Waals surface area contributed by atoms with Crippen LogP contribution in [0.25, 0.3) is 0 Å². The van der Waals surface area contributed by atoms with Crippen LogP contribution in [0.5, 0.6) is 0 Å². The average molecular weight is 182 g/mol. The van der Waals surface area contributed by atoms with Gasteiger partial charge < -0.3 is 22.3 Å². The van der Waals surface area contributed by atoms with Crippen molar-refractivity contribution in [3.05, 3.63) is 17.8 Å². The molecular weight excluding hydrogens is 168 g/mol. The molecule has 5 nitrogen and oxygen atoms in total. The molecule has 13 heavy (non-hydrogen) atoms. The monoisotopic (exact) mass is 182 g/mol. The number of aliphatic hydroxyl groups excluding tert-OH is 1. The van der Waals surface area contributed by atoms with Crippen LogP contribution in [0.3, 0.4) is 0 Å². The Morgan fingerprint density at radius 1 is 1.46 bits per heavy atom. The van der Waals surface area contributed by atoms with E-state index >= 15 is 0 Å². The van der Waals surface area contributed by atoms with E-state index in [1.807, 2.05) is 0 Å². The predicted octanol–water partition coefficient (Wildman–Crippen LogP) is -0.373. The van der Waals surface area contributed by atoms with Crippen LogP contribution in [0.2, 0.25) is 0 Å². The van der Waals surface area contributed by atoms with Gasteiger partial charge in [0.25, 0.3) is 0 Å². The Labute approximate surface area is 76.6 Å². The number of hydrogen-bond donors (Lipinski definition) is 4. The van der Waals surface area contributed by atoms with Gasteiger partial charge in [-0.25, -0.2) is 4.98 Å². The molecule has 7 N–H and O–H groups in total. The molecule has 1 rings (SSSR count). The highest BCUT2D eigenvalue weighted by atomic mass is 16.3. The molecule has 0 unspecified atom stereocenters. The summed E-state index contributed by atoms with van der Waals surface area (Å²) in [5, 5.41) is 9.21. The highest BCUT2D eigenvalue weighted by Gasteiger charge is 2.13. The lowest BCUT2D eigenvalue weighted by molar-refractivity contribution is 0.164. The Hall–Kier alpha value is -1.33. The molecule has 1 aromatic heterocycles. The summed E-state index contributed by atoms with van der Waals surface area (Å²) < 4.78 is 0. The van der Waals surface area contributed by atoms with Gasteiger partial charge in [-0.3, -0.25) is 0 Å². The fraction of sp³-hybridized carbons (Fsp3) is 0.375. The minimum Gasteiger partial charge on any atom is -0.396 e. The third-order valence-corrected chi connectivity index (χ3v) is 1.88. The molecule has 72 valence electrons. The molecule has 0 aliphatic rings. The van der Waals surface area contributed by atoms with Crippen LogP contribution in [-0.4, -0.2) is 16.2 Å². The van der Waals surface area contributed by atoms with E-state index in [0.717, 1.165) is 0 Å². The van der Waals surface area contributed by atoms with Crippen LogP contribution >= 0.6 is 0 Å². The minimum atomic E-state index is -0.634. The van der Waals surface area contributed by atoms with E-state index in [-0.39, 0.29) is 5.82 Å². The molecule has 1 aromatic rings. The molecule has 0 fully saturated rings. The van der Waals surface area contributed by atoms with E-state index in [0.29, 0.717) is 11.3 Å². The lowest BCUT2D eigenvalue weighted by atomic mass is 10.1. The Morgan fingerprint density at radius 2 is 2.08 bits per heavy atom. The van der Waals surface area contributed by atoms with Gasteiger partial charge in [-0.1, -0.05) is 0 Å². The maximum absolute atomic E-state index is 9.21. The smallest absolute Gasteiger partial charge is 0.146 e. The summed E-state index contributed by atoms with van der Waals surface area (Å²) in [6.45, 7) is 1.61. The molecular formula is C8H14N4O. The van der Waals surface area contributed by atoms with Crippen LogP contribution < -0.4 is 17.2 Å². The predicted molar refractivity (Wildman–Crippen MR) is 51.7 cm³/mol. The van der Waals surface area contributed by atoms with Crippen LogP contribution in [0, 0.1) is 0 Å².